The molecule has 0 unspecified atom stereocenters. The molecule has 0 N–H and O–H groups in total. The molecule has 8 aromatic rings. The van der Waals surface area contributed by atoms with Gasteiger partial charge in [0.05, 0.1) is 22.1 Å². The van der Waals surface area contributed by atoms with Gasteiger partial charge < -0.3 is 8.98 Å². The Labute approximate surface area is 194 Å². The Morgan fingerprint density at radius 2 is 1.32 bits per heavy atom. The highest BCUT2D eigenvalue weighted by atomic mass is 16.3. The summed E-state index contributed by atoms with van der Waals surface area (Å²) in [5.41, 5.74) is 6.14. The van der Waals surface area contributed by atoms with Gasteiger partial charge in [0.2, 0.25) is 0 Å². The second kappa shape index (κ2) is 6.46. The number of hydrogen-bond donors (Lipinski definition) is 0. The molecule has 0 aliphatic rings. The summed E-state index contributed by atoms with van der Waals surface area (Å²) >= 11 is 0. The molecule has 0 atom stereocenters. The Kier molecular flexibility index (Phi) is 3.39. The Hall–Kier alpha value is -4.63. The van der Waals surface area contributed by atoms with Crippen LogP contribution in [0.4, 0.5) is 0 Å². The maximum atomic E-state index is 6.47. The van der Waals surface area contributed by atoms with Crippen LogP contribution in [0.3, 0.4) is 0 Å². The van der Waals surface area contributed by atoms with E-state index in [4.69, 9.17) is 9.40 Å². The zero-order chi connectivity index (χ0) is 22.2. The molecule has 3 nitrogen and oxygen atoms in total. The molecule has 3 aromatic heterocycles. The van der Waals surface area contributed by atoms with Gasteiger partial charge in [0.25, 0.3) is 0 Å². The molecule has 34 heavy (non-hydrogen) atoms. The second-order valence-electron chi connectivity index (χ2n) is 8.78. The maximum Gasteiger partial charge on any atom is 0.163 e. The van der Waals surface area contributed by atoms with Gasteiger partial charge in [0.1, 0.15) is 11.1 Å². The molecule has 0 aliphatic heterocycles. The van der Waals surface area contributed by atoms with Gasteiger partial charge in [0.15, 0.2) is 5.58 Å². The van der Waals surface area contributed by atoms with Crippen molar-refractivity contribution in [1.82, 2.24) is 9.55 Å². The largest absolute Gasteiger partial charge is 0.454 e. The Bertz CT molecular complexity index is 2070. The second-order valence-corrected chi connectivity index (χ2v) is 8.78. The van der Waals surface area contributed by atoms with E-state index in [1.165, 1.54) is 32.7 Å². The molecule has 5 aromatic carbocycles. The molecule has 8 rings (SSSR count). The maximum absolute atomic E-state index is 6.47. The van der Waals surface area contributed by atoms with Crippen molar-refractivity contribution >= 4 is 65.4 Å². The first-order valence-corrected chi connectivity index (χ1v) is 11.5. The van der Waals surface area contributed by atoms with Crippen LogP contribution in [0, 0.1) is 0 Å². The summed E-state index contributed by atoms with van der Waals surface area (Å²) in [6.45, 7) is 0. The van der Waals surface area contributed by atoms with Crippen LogP contribution in [-0.4, -0.2) is 9.55 Å². The smallest absolute Gasteiger partial charge is 0.163 e. The molecule has 0 radical (unpaired) electrons. The number of pyridine rings is 1. The fraction of sp³-hybridized carbons (Fsp3) is 0. The quantitative estimate of drug-likeness (QED) is 0.260. The van der Waals surface area contributed by atoms with Crippen molar-refractivity contribution in [2.45, 2.75) is 0 Å². The lowest BCUT2D eigenvalue weighted by atomic mass is 10.0. The molecule has 0 saturated carbocycles. The highest BCUT2D eigenvalue weighted by Crippen LogP contribution is 2.45. The minimum Gasteiger partial charge on any atom is -0.454 e. The highest BCUT2D eigenvalue weighted by Gasteiger charge is 2.23. The molecule has 0 amide bonds. The van der Waals surface area contributed by atoms with Gasteiger partial charge in [-0.25, -0.2) is 0 Å². The van der Waals surface area contributed by atoms with Gasteiger partial charge in [-0.15, -0.1) is 0 Å². The van der Waals surface area contributed by atoms with E-state index in [0.717, 1.165) is 38.4 Å². The van der Waals surface area contributed by atoms with Crippen LogP contribution < -0.4 is 0 Å². The van der Waals surface area contributed by atoms with Gasteiger partial charge in [-0.1, -0.05) is 78.9 Å². The van der Waals surface area contributed by atoms with Crippen molar-refractivity contribution in [2.24, 2.45) is 0 Å². The normalized spacial score (nSPS) is 12.1. The first-order chi connectivity index (χ1) is 16.9. The summed E-state index contributed by atoms with van der Waals surface area (Å²) in [5.74, 6) is 0. The van der Waals surface area contributed by atoms with Crippen LogP contribution in [0.2, 0.25) is 0 Å². The monoisotopic (exact) mass is 434 g/mol. The van der Waals surface area contributed by atoms with Crippen LogP contribution in [-0.2, 0) is 0 Å². The molecule has 0 spiro atoms. The summed E-state index contributed by atoms with van der Waals surface area (Å²) in [4.78, 5) is 4.79. The molecule has 0 fully saturated rings. The summed E-state index contributed by atoms with van der Waals surface area (Å²) in [6.07, 6.45) is 1.85. The van der Waals surface area contributed by atoms with Crippen molar-refractivity contribution in [3.05, 3.63) is 109 Å². The van der Waals surface area contributed by atoms with E-state index in [0.29, 0.717) is 0 Å². The third kappa shape index (κ3) is 2.18. The number of para-hydroxylation sites is 2. The van der Waals surface area contributed by atoms with Crippen molar-refractivity contribution in [2.75, 3.05) is 0 Å². The van der Waals surface area contributed by atoms with Crippen molar-refractivity contribution in [1.29, 1.82) is 0 Å². The number of benzene rings is 5. The zero-order valence-corrected chi connectivity index (χ0v) is 18.2. The van der Waals surface area contributed by atoms with E-state index in [1.54, 1.807) is 0 Å². The molecule has 0 saturated heterocycles. The van der Waals surface area contributed by atoms with Gasteiger partial charge in [0, 0.05) is 33.1 Å². The van der Waals surface area contributed by atoms with Crippen LogP contribution in [0.25, 0.3) is 71.1 Å². The lowest BCUT2D eigenvalue weighted by molar-refractivity contribution is 0.672. The van der Waals surface area contributed by atoms with E-state index in [2.05, 4.69) is 89.5 Å². The van der Waals surface area contributed by atoms with E-state index in [-0.39, 0.29) is 0 Å². The first kappa shape index (κ1) is 17.9. The van der Waals surface area contributed by atoms with E-state index in [9.17, 15) is 0 Å². The first-order valence-electron chi connectivity index (χ1n) is 11.5. The topological polar surface area (TPSA) is 31.0 Å². The van der Waals surface area contributed by atoms with Crippen LogP contribution >= 0.6 is 0 Å². The summed E-state index contributed by atoms with van der Waals surface area (Å²) in [5, 5.41) is 8.21. The standard InChI is InChI=1S/C31H18N2O/c1-2-11-20-19(9-1)10-7-16-24(20)33-25-15-5-3-12-21(25)27-23-14-8-18-32-29(23)31-28(30(27)33)22-13-4-6-17-26(22)34-31/h1-18H. The van der Waals surface area contributed by atoms with Crippen molar-refractivity contribution in [3.63, 3.8) is 0 Å². The van der Waals surface area contributed by atoms with E-state index >= 15 is 0 Å². The van der Waals surface area contributed by atoms with E-state index in [1.807, 2.05) is 24.4 Å². The van der Waals surface area contributed by atoms with Gasteiger partial charge in [-0.3, -0.25) is 4.98 Å². The van der Waals surface area contributed by atoms with Crippen LogP contribution in [0.1, 0.15) is 0 Å². The minimum absolute atomic E-state index is 0.841. The molecular weight excluding hydrogens is 416 g/mol. The van der Waals surface area contributed by atoms with Gasteiger partial charge in [-0.05, 0) is 29.7 Å². The summed E-state index contributed by atoms with van der Waals surface area (Å²) < 4.78 is 8.89. The fourth-order valence-corrected chi connectivity index (χ4v) is 5.64. The lowest BCUT2D eigenvalue weighted by Gasteiger charge is -2.12. The van der Waals surface area contributed by atoms with Gasteiger partial charge >= 0.3 is 0 Å². The highest BCUT2D eigenvalue weighted by molar-refractivity contribution is 6.34. The molecule has 3 heterocycles. The SMILES string of the molecule is c1ccc2c(-n3c4ccccc4c4c5cccnc5c5oc6ccccc6c5c43)cccc2c1. The Morgan fingerprint density at radius 3 is 2.26 bits per heavy atom. The number of aromatic nitrogens is 2. The van der Waals surface area contributed by atoms with Crippen molar-refractivity contribution < 1.29 is 4.42 Å². The lowest BCUT2D eigenvalue weighted by Crippen LogP contribution is -1.96. The predicted octanol–water partition coefficient (Wildman–Crippen LogP) is 8.38. The average Bonchev–Trinajstić information content (AvgIpc) is 3.45. The third-order valence-corrected chi connectivity index (χ3v) is 7.01. The fourth-order valence-electron chi connectivity index (χ4n) is 5.64. The molecule has 0 aliphatic carbocycles. The zero-order valence-electron chi connectivity index (χ0n) is 18.2. The predicted molar refractivity (Wildman–Crippen MR) is 141 cm³/mol. The number of rotatable bonds is 1. The average molecular weight is 434 g/mol. The Balaban J connectivity index is 1.76. The minimum atomic E-state index is 0.841. The van der Waals surface area contributed by atoms with Crippen LogP contribution in [0.5, 0.6) is 0 Å². The van der Waals surface area contributed by atoms with Crippen LogP contribution in [0.15, 0.2) is 114 Å². The molecule has 158 valence electrons. The third-order valence-electron chi connectivity index (χ3n) is 7.01. The number of nitrogens with zero attached hydrogens (tertiary/aromatic N) is 2. The van der Waals surface area contributed by atoms with E-state index < -0.39 is 0 Å². The Morgan fingerprint density at radius 1 is 0.588 bits per heavy atom. The summed E-state index contributed by atoms with van der Waals surface area (Å²) in [7, 11) is 0. The van der Waals surface area contributed by atoms with Crippen molar-refractivity contribution in [3.8, 4) is 5.69 Å². The molecule has 3 heteroatoms. The molecule has 0 bridgehead atoms. The number of fused-ring (bicyclic) bond motifs is 11. The number of furan rings is 1. The summed E-state index contributed by atoms with van der Waals surface area (Å²) in [6, 6.07) is 36.3. The van der Waals surface area contributed by atoms with Gasteiger partial charge in [-0.2, -0.15) is 0 Å². The molecular formula is C31H18N2O. The number of hydrogen-bond acceptors (Lipinski definition) is 2.